The van der Waals surface area contributed by atoms with E-state index in [9.17, 15) is 13.2 Å². The zero-order chi connectivity index (χ0) is 16.4. The van der Waals surface area contributed by atoms with Crippen LogP contribution in [0, 0.1) is 5.92 Å². The van der Waals surface area contributed by atoms with Crippen molar-refractivity contribution in [3.8, 4) is 0 Å². The molecule has 1 amide bonds. The van der Waals surface area contributed by atoms with Crippen molar-refractivity contribution in [2.45, 2.75) is 25.3 Å². The van der Waals surface area contributed by atoms with Crippen LogP contribution in [0.15, 0.2) is 12.4 Å². The number of aromatic nitrogens is 2. The highest BCUT2D eigenvalue weighted by Crippen LogP contribution is 2.31. The number of nitrogens with zero attached hydrogens (tertiary/aromatic N) is 3. The highest BCUT2D eigenvalue weighted by Gasteiger charge is 2.30. The number of hydrogen-bond acceptors (Lipinski definition) is 5. The van der Waals surface area contributed by atoms with Crippen molar-refractivity contribution >= 4 is 15.7 Å². The molecule has 23 heavy (non-hydrogen) atoms. The van der Waals surface area contributed by atoms with Crippen molar-refractivity contribution < 1.29 is 13.2 Å². The molecule has 0 radical (unpaired) electrons. The summed E-state index contributed by atoms with van der Waals surface area (Å²) < 4.78 is 24.7. The van der Waals surface area contributed by atoms with Gasteiger partial charge in [0, 0.05) is 31.4 Å². The monoisotopic (exact) mass is 340 g/mol. The first-order valence-electron chi connectivity index (χ1n) is 8.13. The second-order valence-corrected chi connectivity index (χ2v) is 8.88. The quantitative estimate of drug-likeness (QED) is 0.822. The van der Waals surface area contributed by atoms with Crippen LogP contribution in [0.1, 0.15) is 30.9 Å². The van der Waals surface area contributed by atoms with Gasteiger partial charge in [0.25, 0.3) is 0 Å². The Balaban J connectivity index is 1.49. The maximum absolute atomic E-state index is 12.2. The summed E-state index contributed by atoms with van der Waals surface area (Å²) in [5.74, 6) is 0.500. The third-order valence-electron chi connectivity index (χ3n) is 4.73. The Bertz CT molecular complexity index is 670. The summed E-state index contributed by atoms with van der Waals surface area (Å²) in [5, 5.41) is 7.11. The summed E-state index contributed by atoms with van der Waals surface area (Å²) in [7, 11) is -0.985. The van der Waals surface area contributed by atoms with E-state index in [2.05, 4.69) is 15.3 Å². The third-order valence-corrected chi connectivity index (χ3v) is 6.57. The van der Waals surface area contributed by atoms with E-state index in [1.54, 1.807) is 4.68 Å². The van der Waals surface area contributed by atoms with Crippen LogP contribution in [-0.2, 0) is 21.7 Å². The minimum Gasteiger partial charge on any atom is -0.355 e. The van der Waals surface area contributed by atoms with Crippen molar-refractivity contribution in [2.75, 3.05) is 31.1 Å². The highest BCUT2D eigenvalue weighted by molar-refractivity contribution is 7.91. The highest BCUT2D eigenvalue weighted by atomic mass is 32.2. The smallest absolute Gasteiger partial charge is 0.234 e. The topological polar surface area (TPSA) is 84.3 Å². The molecule has 2 fully saturated rings. The van der Waals surface area contributed by atoms with Crippen LogP contribution in [0.4, 0.5) is 0 Å². The Morgan fingerprint density at radius 3 is 2.91 bits per heavy atom. The molecule has 1 N–H and O–H groups in total. The predicted molar refractivity (Wildman–Crippen MR) is 86.5 cm³/mol. The molecule has 3 heterocycles. The van der Waals surface area contributed by atoms with Crippen LogP contribution in [0.25, 0.3) is 0 Å². The van der Waals surface area contributed by atoms with Gasteiger partial charge < -0.3 is 5.32 Å². The predicted octanol–water partition coefficient (Wildman–Crippen LogP) is 0.108. The van der Waals surface area contributed by atoms with Crippen molar-refractivity contribution in [2.24, 2.45) is 13.0 Å². The normalized spacial score (nSPS) is 27.3. The zero-order valence-corrected chi connectivity index (χ0v) is 14.3. The molecule has 1 aromatic heterocycles. The van der Waals surface area contributed by atoms with Crippen LogP contribution in [-0.4, -0.2) is 60.1 Å². The fourth-order valence-electron chi connectivity index (χ4n) is 3.54. The van der Waals surface area contributed by atoms with E-state index < -0.39 is 9.84 Å². The second kappa shape index (κ2) is 6.60. The van der Waals surface area contributed by atoms with E-state index in [0.29, 0.717) is 19.5 Å². The summed E-state index contributed by atoms with van der Waals surface area (Å²) >= 11 is 0. The molecule has 2 aliphatic heterocycles. The first-order chi connectivity index (χ1) is 10.9. The molecular formula is C15H24N4O3S. The molecule has 7 nitrogen and oxygen atoms in total. The van der Waals surface area contributed by atoms with Crippen LogP contribution in [0.3, 0.4) is 0 Å². The van der Waals surface area contributed by atoms with Gasteiger partial charge in [-0.05, 0) is 31.7 Å². The molecule has 0 spiro atoms. The molecule has 1 aromatic rings. The molecule has 0 bridgehead atoms. The van der Waals surface area contributed by atoms with Gasteiger partial charge in [-0.2, -0.15) is 5.10 Å². The number of rotatable bonds is 5. The molecule has 3 rings (SSSR count). The van der Waals surface area contributed by atoms with Crippen LogP contribution in [0.5, 0.6) is 0 Å². The molecule has 2 saturated heterocycles. The van der Waals surface area contributed by atoms with Gasteiger partial charge >= 0.3 is 0 Å². The lowest BCUT2D eigenvalue weighted by atomic mass is 10.1. The van der Waals surface area contributed by atoms with Crippen molar-refractivity contribution in [1.82, 2.24) is 20.0 Å². The number of sulfone groups is 1. The molecule has 128 valence electrons. The molecular weight excluding hydrogens is 316 g/mol. The molecule has 0 saturated carbocycles. The van der Waals surface area contributed by atoms with Crippen LogP contribution < -0.4 is 5.32 Å². The fraction of sp³-hybridized carbons (Fsp3) is 0.733. The standard InChI is InChI=1S/C15H24N4O3S/c1-18-9-13(8-17-18)14-3-2-5-19(14)10-15(20)16-7-12-4-6-23(21,22)11-12/h8-9,12,14H,2-7,10-11H2,1H3,(H,16,20). The zero-order valence-electron chi connectivity index (χ0n) is 13.4. The van der Waals surface area contributed by atoms with Gasteiger partial charge in [0.1, 0.15) is 0 Å². The minimum absolute atomic E-state index is 0.0231. The maximum Gasteiger partial charge on any atom is 0.234 e. The lowest BCUT2D eigenvalue weighted by molar-refractivity contribution is -0.122. The summed E-state index contributed by atoms with van der Waals surface area (Å²) in [5.41, 5.74) is 1.15. The molecule has 0 aliphatic carbocycles. The van der Waals surface area contributed by atoms with E-state index in [-0.39, 0.29) is 29.4 Å². The maximum atomic E-state index is 12.2. The second-order valence-electron chi connectivity index (χ2n) is 6.65. The van der Waals surface area contributed by atoms with Gasteiger partial charge in [0.2, 0.25) is 5.91 Å². The van der Waals surface area contributed by atoms with Gasteiger partial charge in [-0.25, -0.2) is 8.42 Å². The fourth-order valence-corrected chi connectivity index (χ4v) is 5.40. The lowest BCUT2D eigenvalue weighted by Crippen LogP contribution is -2.39. The number of carbonyl (C=O) groups is 1. The summed E-state index contributed by atoms with van der Waals surface area (Å²) in [6, 6.07) is 0.251. The number of nitrogens with one attached hydrogen (secondary N) is 1. The van der Waals surface area contributed by atoms with Gasteiger partial charge in [-0.15, -0.1) is 0 Å². The number of carbonyl (C=O) groups excluding carboxylic acids is 1. The van der Waals surface area contributed by atoms with E-state index >= 15 is 0 Å². The molecule has 0 aromatic carbocycles. The summed E-state index contributed by atoms with van der Waals surface area (Å²) in [4.78, 5) is 14.4. The van der Waals surface area contributed by atoms with Gasteiger partial charge in [0.05, 0.1) is 24.2 Å². The van der Waals surface area contributed by atoms with Crippen molar-refractivity contribution in [3.05, 3.63) is 18.0 Å². The molecule has 2 unspecified atom stereocenters. The Labute approximate surface area is 137 Å². The first kappa shape index (κ1) is 16.4. The Hall–Kier alpha value is -1.41. The Kier molecular flexibility index (Phi) is 4.72. The summed E-state index contributed by atoms with van der Waals surface area (Å²) in [6.45, 7) is 1.73. The van der Waals surface area contributed by atoms with Crippen molar-refractivity contribution in [3.63, 3.8) is 0 Å². The minimum atomic E-state index is -2.88. The number of amides is 1. The average molecular weight is 340 g/mol. The first-order valence-corrected chi connectivity index (χ1v) is 9.95. The molecule has 8 heteroatoms. The van der Waals surface area contributed by atoms with E-state index in [1.807, 2.05) is 19.4 Å². The Morgan fingerprint density at radius 2 is 2.26 bits per heavy atom. The largest absolute Gasteiger partial charge is 0.355 e. The Morgan fingerprint density at radius 1 is 1.43 bits per heavy atom. The van der Waals surface area contributed by atoms with Gasteiger partial charge in [-0.3, -0.25) is 14.4 Å². The van der Waals surface area contributed by atoms with E-state index in [0.717, 1.165) is 24.9 Å². The molecule has 2 atom stereocenters. The third kappa shape index (κ3) is 4.11. The number of hydrogen-bond donors (Lipinski definition) is 1. The average Bonchev–Trinajstić information content (AvgIpc) is 3.17. The lowest BCUT2D eigenvalue weighted by Gasteiger charge is -2.23. The van der Waals surface area contributed by atoms with Crippen LogP contribution >= 0.6 is 0 Å². The van der Waals surface area contributed by atoms with Crippen molar-refractivity contribution in [1.29, 1.82) is 0 Å². The van der Waals surface area contributed by atoms with E-state index in [1.165, 1.54) is 0 Å². The van der Waals surface area contributed by atoms with Gasteiger partial charge in [-0.1, -0.05) is 0 Å². The van der Waals surface area contributed by atoms with Gasteiger partial charge in [0.15, 0.2) is 9.84 Å². The SMILES string of the molecule is Cn1cc(C2CCCN2CC(=O)NCC2CCS(=O)(=O)C2)cn1. The molecule has 2 aliphatic rings. The van der Waals surface area contributed by atoms with E-state index in [4.69, 9.17) is 0 Å². The number of aryl methyl sites for hydroxylation is 1. The number of likely N-dealkylation sites (tertiary alicyclic amines) is 1. The van der Waals surface area contributed by atoms with Crippen LogP contribution in [0.2, 0.25) is 0 Å². The summed E-state index contributed by atoms with van der Waals surface area (Å²) in [6.07, 6.45) is 6.65.